The van der Waals surface area contributed by atoms with Crippen molar-refractivity contribution in [1.82, 2.24) is 0 Å². The van der Waals surface area contributed by atoms with Crippen molar-refractivity contribution in [2.24, 2.45) is 5.14 Å². The van der Waals surface area contributed by atoms with Gasteiger partial charge in [-0.3, -0.25) is 4.79 Å². The van der Waals surface area contributed by atoms with Crippen LogP contribution in [0.5, 0.6) is 0 Å². The first-order valence-electron chi connectivity index (χ1n) is 4.44. The Kier molecular flexibility index (Phi) is 4.34. The lowest BCUT2D eigenvalue weighted by Crippen LogP contribution is -2.13. The minimum atomic E-state index is -3.69. The molecule has 7 heteroatoms. The fourth-order valence-corrected chi connectivity index (χ4v) is 1.74. The van der Waals surface area contributed by atoms with E-state index in [0.717, 1.165) is 0 Å². The second-order valence-corrected chi connectivity index (χ2v) is 5.04. The molecule has 0 aliphatic rings. The number of nitrogens with one attached hydrogen (secondary N) is 1. The topological polar surface area (TPSA) is 89.3 Å². The molecule has 1 radical (unpaired) electrons. The van der Waals surface area contributed by atoms with E-state index >= 15 is 0 Å². The van der Waals surface area contributed by atoms with Gasteiger partial charge in [0.15, 0.2) is 0 Å². The van der Waals surface area contributed by atoms with Crippen LogP contribution in [0.2, 0.25) is 0 Å². The lowest BCUT2D eigenvalue weighted by molar-refractivity contribution is -0.115. The van der Waals surface area contributed by atoms with Crippen LogP contribution in [0.4, 0.5) is 5.69 Å². The molecule has 1 rings (SSSR count). The average molecular weight is 259 g/mol. The standard InChI is InChI=1S/C9H11N2O3S2/c10-16(13,14)8-3-1-7(2-4-8)11-9(12)5-6-15/h1-4H,5-6H2,(H,11,12)(H2,10,13,14). The van der Waals surface area contributed by atoms with Gasteiger partial charge in [0.25, 0.3) is 0 Å². The molecule has 1 aromatic rings. The number of anilines is 1. The van der Waals surface area contributed by atoms with Crippen molar-refractivity contribution in [3.63, 3.8) is 0 Å². The number of rotatable bonds is 4. The molecule has 0 aliphatic carbocycles. The number of benzene rings is 1. The Balaban J connectivity index is 2.76. The number of primary sulfonamides is 1. The van der Waals surface area contributed by atoms with E-state index in [1.807, 2.05) is 0 Å². The van der Waals surface area contributed by atoms with E-state index in [2.05, 4.69) is 17.9 Å². The van der Waals surface area contributed by atoms with Crippen molar-refractivity contribution in [3.8, 4) is 0 Å². The quantitative estimate of drug-likeness (QED) is 0.840. The van der Waals surface area contributed by atoms with Gasteiger partial charge < -0.3 is 5.32 Å². The fraction of sp³-hybridized carbons (Fsp3) is 0.222. The van der Waals surface area contributed by atoms with Gasteiger partial charge in [-0.05, 0) is 24.3 Å². The molecule has 0 unspecified atom stereocenters. The van der Waals surface area contributed by atoms with Gasteiger partial charge in [0.2, 0.25) is 15.9 Å². The van der Waals surface area contributed by atoms with Crippen molar-refractivity contribution < 1.29 is 13.2 Å². The summed E-state index contributed by atoms with van der Waals surface area (Å²) in [5, 5.41) is 7.51. The van der Waals surface area contributed by atoms with E-state index in [1.54, 1.807) is 0 Å². The number of sulfonamides is 1. The molecule has 0 spiro atoms. The minimum absolute atomic E-state index is 0.00812. The van der Waals surface area contributed by atoms with E-state index < -0.39 is 10.0 Å². The van der Waals surface area contributed by atoms with E-state index in [9.17, 15) is 13.2 Å². The van der Waals surface area contributed by atoms with Crippen LogP contribution >= 0.6 is 12.6 Å². The average Bonchev–Trinajstić information content (AvgIpc) is 2.17. The molecule has 0 atom stereocenters. The Labute approximate surface area is 99.5 Å². The third kappa shape index (κ3) is 3.84. The first kappa shape index (κ1) is 13.0. The molecule has 0 saturated carbocycles. The zero-order chi connectivity index (χ0) is 12.2. The predicted molar refractivity (Wildman–Crippen MR) is 63.5 cm³/mol. The number of hydrogen-bond acceptors (Lipinski definition) is 3. The Morgan fingerprint density at radius 3 is 2.31 bits per heavy atom. The van der Waals surface area contributed by atoms with Crippen LogP contribution in [0, 0.1) is 0 Å². The Morgan fingerprint density at radius 1 is 1.31 bits per heavy atom. The number of nitrogens with two attached hydrogens (primary N) is 1. The smallest absolute Gasteiger partial charge is 0.238 e. The molecule has 5 nitrogen and oxygen atoms in total. The summed E-state index contributed by atoms with van der Waals surface area (Å²) in [5.74, 6) is 0.152. The lowest BCUT2D eigenvalue weighted by Gasteiger charge is -2.04. The molecule has 0 bridgehead atoms. The highest BCUT2D eigenvalue weighted by Gasteiger charge is 2.07. The molecule has 87 valence electrons. The number of amides is 1. The number of carbonyl (C=O) groups excluding carboxylic acids is 1. The molecular formula is C9H11N2O3S2. The van der Waals surface area contributed by atoms with Gasteiger partial charge in [-0.25, -0.2) is 13.6 Å². The normalized spacial score (nSPS) is 11.1. The predicted octanol–water partition coefficient (Wildman–Crippen LogP) is 0.860. The van der Waals surface area contributed by atoms with Crippen LogP contribution in [0.25, 0.3) is 0 Å². The van der Waals surface area contributed by atoms with E-state index in [1.165, 1.54) is 24.3 Å². The third-order valence-corrected chi connectivity index (χ3v) is 2.93. The van der Waals surface area contributed by atoms with Gasteiger partial charge in [-0.2, -0.15) is 0 Å². The highest BCUT2D eigenvalue weighted by Crippen LogP contribution is 2.12. The minimum Gasteiger partial charge on any atom is -0.326 e. The van der Waals surface area contributed by atoms with Crippen LogP contribution in [0.3, 0.4) is 0 Å². The Morgan fingerprint density at radius 2 is 1.88 bits per heavy atom. The van der Waals surface area contributed by atoms with Crippen LogP contribution in [-0.4, -0.2) is 20.1 Å². The SMILES string of the molecule is NS(=O)(=O)c1ccc(NC(=O)CC[S])cc1. The van der Waals surface area contributed by atoms with Gasteiger partial charge in [0.1, 0.15) is 0 Å². The van der Waals surface area contributed by atoms with Gasteiger partial charge in [0, 0.05) is 17.9 Å². The maximum absolute atomic E-state index is 11.2. The summed E-state index contributed by atoms with van der Waals surface area (Å²) in [7, 11) is -3.69. The van der Waals surface area contributed by atoms with Gasteiger partial charge in [0.05, 0.1) is 4.90 Å². The molecule has 0 heterocycles. The second kappa shape index (κ2) is 5.33. The molecule has 0 aromatic heterocycles. The molecule has 1 aromatic carbocycles. The van der Waals surface area contributed by atoms with Crippen molar-refractivity contribution in [2.75, 3.05) is 11.1 Å². The summed E-state index contributed by atoms with van der Waals surface area (Å²) in [4.78, 5) is 11.2. The zero-order valence-electron chi connectivity index (χ0n) is 8.34. The van der Waals surface area contributed by atoms with Crippen LogP contribution in [-0.2, 0) is 14.8 Å². The van der Waals surface area contributed by atoms with Crippen LogP contribution in [0.1, 0.15) is 6.42 Å². The Bertz CT molecular complexity index is 468. The highest BCUT2D eigenvalue weighted by molar-refractivity contribution is 7.89. The zero-order valence-corrected chi connectivity index (χ0v) is 9.98. The van der Waals surface area contributed by atoms with Crippen molar-refractivity contribution in [2.45, 2.75) is 11.3 Å². The summed E-state index contributed by atoms with van der Waals surface area (Å²) < 4.78 is 21.9. The third-order valence-electron chi connectivity index (χ3n) is 1.80. The fourth-order valence-electron chi connectivity index (χ4n) is 1.04. The molecular weight excluding hydrogens is 248 g/mol. The van der Waals surface area contributed by atoms with E-state index in [4.69, 9.17) is 5.14 Å². The number of hydrogen-bond donors (Lipinski definition) is 2. The second-order valence-electron chi connectivity index (χ2n) is 3.07. The van der Waals surface area contributed by atoms with Crippen LogP contribution in [0.15, 0.2) is 29.2 Å². The summed E-state index contributed by atoms with van der Waals surface area (Å²) in [6.07, 6.45) is 0.256. The molecule has 0 fully saturated rings. The summed E-state index contributed by atoms with van der Waals surface area (Å²) in [5.41, 5.74) is 0.515. The first-order valence-corrected chi connectivity index (χ1v) is 6.56. The largest absolute Gasteiger partial charge is 0.326 e. The van der Waals surface area contributed by atoms with E-state index in [0.29, 0.717) is 11.4 Å². The molecule has 0 saturated heterocycles. The number of carbonyl (C=O) groups is 1. The van der Waals surface area contributed by atoms with Crippen molar-refractivity contribution >= 4 is 34.2 Å². The summed E-state index contributed by atoms with van der Waals surface area (Å²) in [6, 6.07) is 5.61. The van der Waals surface area contributed by atoms with Crippen molar-refractivity contribution in [3.05, 3.63) is 24.3 Å². The van der Waals surface area contributed by atoms with Gasteiger partial charge >= 0.3 is 0 Å². The molecule has 0 aliphatic heterocycles. The lowest BCUT2D eigenvalue weighted by atomic mass is 10.3. The van der Waals surface area contributed by atoms with E-state index in [-0.39, 0.29) is 17.2 Å². The maximum atomic E-state index is 11.2. The summed E-state index contributed by atoms with van der Waals surface area (Å²) >= 11 is 4.66. The van der Waals surface area contributed by atoms with Gasteiger partial charge in [-0.15, -0.1) is 0 Å². The molecule has 3 N–H and O–H groups in total. The highest BCUT2D eigenvalue weighted by atomic mass is 32.2. The monoisotopic (exact) mass is 259 g/mol. The first-order chi connectivity index (χ1) is 7.43. The van der Waals surface area contributed by atoms with Gasteiger partial charge in [-0.1, -0.05) is 12.6 Å². The molecule has 16 heavy (non-hydrogen) atoms. The summed E-state index contributed by atoms with van der Waals surface area (Å²) in [6.45, 7) is 0. The van der Waals surface area contributed by atoms with Crippen molar-refractivity contribution in [1.29, 1.82) is 0 Å². The van der Waals surface area contributed by atoms with Crippen LogP contribution < -0.4 is 10.5 Å². The maximum Gasteiger partial charge on any atom is 0.238 e. The Hall–Kier alpha value is -1.05. The molecule has 1 amide bonds.